The van der Waals surface area contributed by atoms with Crippen molar-refractivity contribution in [1.82, 2.24) is 0 Å². The molecular formula is C16H12Cl2O3. The normalized spacial score (nSPS) is 10.8. The van der Waals surface area contributed by atoms with Crippen LogP contribution >= 0.6 is 23.2 Å². The quantitative estimate of drug-likeness (QED) is 0.813. The number of carbonyl (C=O) groups is 1. The molecule has 0 heterocycles. The molecule has 0 aliphatic rings. The van der Waals surface area contributed by atoms with Gasteiger partial charge in [-0.15, -0.1) is 0 Å². The van der Waals surface area contributed by atoms with Crippen LogP contribution in [0.1, 0.15) is 11.1 Å². The predicted octanol–water partition coefficient (Wildman–Crippen LogP) is 4.67. The van der Waals surface area contributed by atoms with Crippen molar-refractivity contribution in [3.63, 3.8) is 0 Å². The molecular weight excluding hydrogens is 311 g/mol. The van der Waals surface area contributed by atoms with Gasteiger partial charge in [0, 0.05) is 11.1 Å². The van der Waals surface area contributed by atoms with Gasteiger partial charge in [0.2, 0.25) is 0 Å². The largest absolute Gasteiger partial charge is 0.487 e. The highest BCUT2D eigenvalue weighted by atomic mass is 35.5. The number of carboxylic acids is 1. The van der Waals surface area contributed by atoms with Gasteiger partial charge in [0.25, 0.3) is 0 Å². The van der Waals surface area contributed by atoms with E-state index in [0.29, 0.717) is 22.4 Å². The number of hydrogen-bond donors (Lipinski definition) is 1. The Balaban J connectivity index is 2.06. The van der Waals surface area contributed by atoms with Crippen molar-refractivity contribution in [1.29, 1.82) is 0 Å². The van der Waals surface area contributed by atoms with Crippen molar-refractivity contribution in [2.45, 2.75) is 6.61 Å². The number of halogens is 2. The Kier molecular flexibility index (Phi) is 5.26. The van der Waals surface area contributed by atoms with E-state index in [1.807, 2.05) is 24.3 Å². The number of aliphatic carboxylic acids is 1. The van der Waals surface area contributed by atoms with Gasteiger partial charge < -0.3 is 9.84 Å². The maximum Gasteiger partial charge on any atom is 0.328 e. The van der Waals surface area contributed by atoms with Crippen LogP contribution in [0.4, 0.5) is 0 Å². The Bertz CT molecular complexity index is 681. The molecule has 0 unspecified atom stereocenters. The molecule has 5 heteroatoms. The molecule has 0 amide bonds. The van der Waals surface area contributed by atoms with Gasteiger partial charge >= 0.3 is 5.97 Å². The van der Waals surface area contributed by atoms with E-state index in [-0.39, 0.29) is 0 Å². The van der Waals surface area contributed by atoms with E-state index >= 15 is 0 Å². The first-order valence-corrected chi connectivity index (χ1v) is 6.88. The van der Waals surface area contributed by atoms with Gasteiger partial charge in [0.05, 0.1) is 5.02 Å². The molecule has 108 valence electrons. The lowest BCUT2D eigenvalue weighted by atomic mass is 10.1. The third kappa shape index (κ3) is 4.81. The Hall–Kier alpha value is -1.97. The molecule has 2 rings (SSSR count). The highest BCUT2D eigenvalue weighted by molar-refractivity contribution is 6.35. The molecule has 0 aliphatic carbocycles. The smallest absolute Gasteiger partial charge is 0.328 e. The molecule has 0 atom stereocenters. The molecule has 0 spiro atoms. The van der Waals surface area contributed by atoms with E-state index in [1.165, 1.54) is 6.08 Å². The van der Waals surface area contributed by atoms with Crippen LogP contribution in [-0.4, -0.2) is 11.1 Å². The van der Waals surface area contributed by atoms with E-state index in [1.54, 1.807) is 18.2 Å². The SMILES string of the molecule is O=C(O)C=Cc1cccc(COc2ccc(Cl)cc2Cl)c1. The Morgan fingerprint density at radius 1 is 1.19 bits per heavy atom. The number of benzene rings is 2. The van der Waals surface area contributed by atoms with E-state index in [0.717, 1.165) is 17.2 Å². The zero-order chi connectivity index (χ0) is 15.2. The summed E-state index contributed by atoms with van der Waals surface area (Å²) >= 11 is 11.8. The van der Waals surface area contributed by atoms with Gasteiger partial charge in [-0.2, -0.15) is 0 Å². The summed E-state index contributed by atoms with van der Waals surface area (Å²) in [5, 5.41) is 9.61. The Labute approximate surface area is 132 Å². The lowest BCUT2D eigenvalue weighted by Gasteiger charge is -2.08. The summed E-state index contributed by atoms with van der Waals surface area (Å²) in [5.41, 5.74) is 1.70. The third-order valence-corrected chi connectivity index (χ3v) is 3.19. The van der Waals surface area contributed by atoms with E-state index in [9.17, 15) is 4.79 Å². The molecule has 0 bridgehead atoms. The summed E-state index contributed by atoms with van der Waals surface area (Å²) < 4.78 is 5.63. The minimum absolute atomic E-state index is 0.329. The first-order valence-electron chi connectivity index (χ1n) is 6.12. The summed E-state index contributed by atoms with van der Waals surface area (Å²) in [6.07, 6.45) is 2.62. The molecule has 2 aromatic carbocycles. The Morgan fingerprint density at radius 2 is 2.00 bits per heavy atom. The van der Waals surface area contributed by atoms with Gasteiger partial charge in [-0.25, -0.2) is 4.79 Å². The van der Waals surface area contributed by atoms with E-state index in [2.05, 4.69) is 0 Å². The summed E-state index contributed by atoms with van der Waals surface area (Å²) in [4.78, 5) is 10.5. The van der Waals surface area contributed by atoms with Crippen molar-refractivity contribution in [3.8, 4) is 5.75 Å². The van der Waals surface area contributed by atoms with Gasteiger partial charge in [-0.3, -0.25) is 0 Å². The van der Waals surface area contributed by atoms with Crippen LogP contribution in [-0.2, 0) is 11.4 Å². The van der Waals surface area contributed by atoms with Crippen molar-refractivity contribution >= 4 is 35.2 Å². The molecule has 1 N–H and O–H groups in total. The molecule has 21 heavy (non-hydrogen) atoms. The monoisotopic (exact) mass is 322 g/mol. The van der Waals surface area contributed by atoms with Crippen LogP contribution in [0.2, 0.25) is 10.0 Å². The predicted molar refractivity (Wildman–Crippen MR) is 83.9 cm³/mol. The first kappa shape index (κ1) is 15.4. The fourth-order valence-electron chi connectivity index (χ4n) is 1.71. The summed E-state index contributed by atoms with van der Waals surface area (Å²) in [5.74, 6) is -0.433. The van der Waals surface area contributed by atoms with Gasteiger partial charge in [0.15, 0.2) is 0 Å². The van der Waals surface area contributed by atoms with Crippen LogP contribution in [0.3, 0.4) is 0 Å². The second-order valence-electron chi connectivity index (χ2n) is 4.28. The van der Waals surface area contributed by atoms with Crippen molar-refractivity contribution in [2.75, 3.05) is 0 Å². The standard InChI is InChI=1S/C16H12Cl2O3/c17-13-5-6-15(14(18)9-13)21-10-12-3-1-2-11(8-12)4-7-16(19)20/h1-9H,10H2,(H,19,20). The van der Waals surface area contributed by atoms with E-state index < -0.39 is 5.97 Å². The van der Waals surface area contributed by atoms with Crippen LogP contribution in [0.15, 0.2) is 48.5 Å². The molecule has 0 saturated heterocycles. The fourth-order valence-corrected chi connectivity index (χ4v) is 2.17. The maximum atomic E-state index is 10.5. The highest BCUT2D eigenvalue weighted by Gasteiger charge is 2.03. The molecule has 3 nitrogen and oxygen atoms in total. The van der Waals surface area contributed by atoms with Crippen molar-refractivity contribution in [2.24, 2.45) is 0 Å². The lowest BCUT2D eigenvalue weighted by molar-refractivity contribution is -0.131. The lowest BCUT2D eigenvalue weighted by Crippen LogP contribution is -1.96. The summed E-state index contributed by atoms with van der Waals surface area (Å²) in [6, 6.07) is 12.4. The van der Waals surface area contributed by atoms with Crippen LogP contribution < -0.4 is 4.74 Å². The molecule has 0 aromatic heterocycles. The zero-order valence-electron chi connectivity index (χ0n) is 10.9. The van der Waals surface area contributed by atoms with Crippen LogP contribution in [0.5, 0.6) is 5.75 Å². The summed E-state index contributed by atoms with van der Waals surface area (Å²) in [6.45, 7) is 0.329. The molecule has 2 aromatic rings. The first-order chi connectivity index (χ1) is 10.0. The topological polar surface area (TPSA) is 46.5 Å². The Morgan fingerprint density at radius 3 is 2.71 bits per heavy atom. The molecule has 0 radical (unpaired) electrons. The minimum atomic E-state index is -0.982. The zero-order valence-corrected chi connectivity index (χ0v) is 12.4. The number of hydrogen-bond acceptors (Lipinski definition) is 2. The average Bonchev–Trinajstić information content (AvgIpc) is 2.45. The van der Waals surface area contributed by atoms with Crippen LogP contribution in [0, 0.1) is 0 Å². The van der Waals surface area contributed by atoms with Crippen molar-refractivity contribution in [3.05, 3.63) is 69.7 Å². The molecule has 0 aliphatic heterocycles. The van der Waals surface area contributed by atoms with Gasteiger partial charge in [-0.05, 0) is 41.5 Å². The van der Waals surface area contributed by atoms with E-state index in [4.69, 9.17) is 33.0 Å². The fraction of sp³-hybridized carbons (Fsp3) is 0.0625. The second kappa shape index (κ2) is 7.16. The molecule has 0 fully saturated rings. The number of carboxylic acid groups (broad SMARTS) is 1. The highest BCUT2D eigenvalue weighted by Crippen LogP contribution is 2.28. The average molecular weight is 323 g/mol. The number of rotatable bonds is 5. The molecule has 0 saturated carbocycles. The van der Waals surface area contributed by atoms with Gasteiger partial charge in [-0.1, -0.05) is 41.4 Å². The second-order valence-corrected chi connectivity index (χ2v) is 5.12. The van der Waals surface area contributed by atoms with Gasteiger partial charge in [0.1, 0.15) is 12.4 Å². The maximum absolute atomic E-state index is 10.5. The summed E-state index contributed by atoms with van der Waals surface area (Å²) in [7, 11) is 0. The minimum Gasteiger partial charge on any atom is -0.487 e. The number of ether oxygens (including phenoxy) is 1. The van der Waals surface area contributed by atoms with Crippen molar-refractivity contribution < 1.29 is 14.6 Å². The van der Waals surface area contributed by atoms with Crippen LogP contribution in [0.25, 0.3) is 6.08 Å². The third-order valence-electron chi connectivity index (χ3n) is 2.66.